The lowest BCUT2D eigenvalue weighted by Gasteiger charge is -2.53. The highest BCUT2D eigenvalue weighted by Gasteiger charge is 2.47. The summed E-state index contributed by atoms with van der Waals surface area (Å²) in [5.41, 5.74) is -0.283. The van der Waals surface area contributed by atoms with Crippen LogP contribution in [0, 0.1) is 0 Å². The molecule has 0 radical (unpaired) electrons. The van der Waals surface area contributed by atoms with Crippen molar-refractivity contribution < 1.29 is 9.63 Å². The van der Waals surface area contributed by atoms with Crippen LogP contribution in [0.1, 0.15) is 67.2 Å². The van der Waals surface area contributed by atoms with Gasteiger partial charge in [-0.3, -0.25) is 4.79 Å². The van der Waals surface area contributed by atoms with Crippen LogP contribution >= 0.6 is 0 Å². The number of carbonyl (C=O) groups excluding carboxylic acids is 1. The summed E-state index contributed by atoms with van der Waals surface area (Å²) < 4.78 is 0. The zero-order chi connectivity index (χ0) is 14.7. The summed E-state index contributed by atoms with van der Waals surface area (Å²) in [6.45, 7) is 13.3. The summed E-state index contributed by atoms with van der Waals surface area (Å²) in [6, 6.07) is 0.489. The number of hydrogen-bond donors (Lipinski definition) is 1. The summed E-state index contributed by atoms with van der Waals surface area (Å²) in [4.78, 5) is 16.8. The maximum absolute atomic E-state index is 11.3. The lowest BCUT2D eigenvalue weighted by atomic mass is 9.79. The number of nitrogens with zero attached hydrogens (tertiary/aromatic N) is 1. The molecule has 0 bridgehead atoms. The Labute approximate surface area is 117 Å². The molecule has 0 saturated carbocycles. The van der Waals surface area contributed by atoms with Gasteiger partial charge in [0.2, 0.25) is 0 Å². The summed E-state index contributed by atoms with van der Waals surface area (Å²) in [7, 11) is 0. The third-order valence-corrected chi connectivity index (χ3v) is 3.77. The van der Waals surface area contributed by atoms with Crippen molar-refractivity contribution >= 4 is 5.97 Å². The zero-order valence-corrected chi connectivity index (χ0v) is 13.4. The van der Waals surface area contributed by atoms with Gasteiger partial charge in [-0.1, -0.05) is 13.3 Å². The highest BCUT2D eigenvalue weighted by Crippen LogP contribution is 2.38. The van der Waals surface area contributed by atoms with E-state index in [1.165, 1.54) is 19.8 Å². The smallest absolute Gasteiger partial charge is 0.322 e. The maximum Gasteiger partial charge on any atom is 0.322 e. The van der Waals surface area contributed by atoms with Gasteiger partial charge in [0.1, 0.15) is 0 Å². The predicted octanol–water partition coefficient (Wildman–Crippen LogP) is 2.88. The van der Waals surface area contributed by atoms with Gasteiger partial charge in [0.15, 0.2) is 0 Å². The fourth-order valence-electron chi connectivity index (χ4n) is 3.27. The molecule has 0 aliphatic carbocycles. The Morgan fingerprint density at radius 1 is 1.26 bits per heavy atom. The molecular formula is C15H30N2O2. The number of piperidine rings is 1. The van der Waals surface area contributed by atoms with Crippen molar-refractivity contribution in [3.63, 3.8) is 0 Å². The minimum atomic E-state index is -0.237. The van der Waals surface area contributed by atoms with Gasteiger partial charge in [0, 0.05) is 13.0 Å². The van der Waals surface area contributed by atoms with E-state index in [1.807, 2.05) is 5.06 Å². The van der Waals surface area contributed by atoms with Gasteiger partial charge < -0.3 is 10.2 Å². The normalized spacial score (nSPS) is 23.3. The molecule has 0 aromatic carbocycles. The molecule has 4 nitrogen and oxygen atoms in total. The second-order valence-corrected chi connectivity index (χ2v) is 6.91. The minimum absolute atomic E-state index is 0.142. The van der Waals surface area contributed by atoms with E-state index in [0.717, 1.165) is 19.4 Å². The van der Waals surface area contributed by atoms with Crippen LogP contribution in [0.3, 0.4) is 0 Å². The van der Waals surface area contributed by atoms with Crippen molar-refractivity contribution in [2.24, 2.45) is 0 Å². The van der Waals surface area contributed by atoms with Gasteiger partial charge in [0.25, 0.3) is 0 Å². The first-order chi connectivity index (χ1) is 8.69. The molecule has 1 fully saturated rings. The summed E-state index contributed by atoms with van der Waals surface area (Å²) in [6.07, 6.45) is 4.41. The molecule has 0 atom stereocenters. The van der Waals surface area contributed by atoms with E-state index >= 15 is 0 Å². The van der Waals surface area contributed by atoms with Crippen LogP contribution < -0.4 is 5.32 Å². The number of nitrogens with one attached hydrogen (secondary N) is 1. The van der Waals surface area contributed by atoms with Crippen LogP contribution in [0.4, 0.5) is 0 Å². The monoisotopic (exact) mass is 270 g/mol. The third kappa shape index (κ3) is 4.46. The molecule has 0 aromatic heterocycles. The van der Waals surface area contributed by atoms with Crippen molar-refractivity contribution in [3.05, 3.63) is 0 Å². The van der Waals surface area contributed by atoms with E-state index in [9.17, 15) is 4.79 Å². The SMILES string of the molecule is CCCCNC1CC(C)(C)N(OC(C)=O)C(C)(C)C1. The van der Waals surface area contributed by atoms with E-state index in [-0.39, 0.29) is 17.0 Å². The highest BCUT2D eigenvalue weighted by molar-refractivity contribution is 5.65. The number of rotatable bonds is 5. The van der Waals surface area contributed by atoms with Crippen LogP contribution in [0.15, 0.2) is 0 Å². The molecule has 1 aliphatic heterocycles. The molecule has 4 heteroatoms. The Balaban J connectivity index is 2.72. The third-order valence-electron chi connectivity index (χ3n) is 3.77. The van der Waals surface area contributed by atoms with Crippen LogP contribution in [-0.4, -0.2) is 34.7 Å². The Bertz CT molecular complexity index is 295. The highest BCUT2D eigenvalue weighted by atomic mass is 16.7. The second kappa shape index (κ2) is 6.23. The molecule has 0 unspecified atom stereocenters. The Kier molecular flexibility index (Phi) is 5.39. The Morgan fingerprint density at radius 3 is 2.21 bits per heavy atom. The van der Waals surface area contributed by atoms with E-state index < -0.39 is 0 Å². The lowest BCUT2D eigenvalue weighted by Crippen LogP contribution is -2.64. The lowest BCUT2D eigenvalue weighted by molar-refractivity contribution is -0.266. The molecule has 1 heterocycles. The van der Waals surface area contributed by atoms with Crippen molar-refractivity contribution in [1.29, 1.82) is 0 Å². The quantitative estimate of drug-likeness (QED) is 0.780. The summed E-state index contributed by atoms with van der Waals surface area (Å²) >= 11 is 0. The van der Waals surface area contributed by atoms with Gasteiger partial charge in [-0.15, -0.1) is 5.06 Å². The van der Waals surface area contributed by atoms with Gasteiger partial charge in [0.05, 0.1) is 11.1 Å². The molecule has 0 amide bonds. The van der Waals surface area contributed by atoms with Crippen LogP contribution in [0.2, 0.25) is 0 Å². The topological polar surface area (TPSA) is 41.6 Å². The van der Waals surface area contributed by atoms with Crippen molar-refractivity contribution in [3.8, 4) is 0 Å². The zero-order valence-electron chi connectivity index (χ0n) is 13.4. The molecule has 1 saturated heterocycles. The minimum Gasteiger partial charge on any atom is -0.367 e. The molecule has 1 aliphatic rings. The molecule has 1 N–H and O–H groups in total. The van der Waals surface area contributed by atoms with E-state index in [2.05, 4.69) is 39.9 Å². The van der Waals surface area contributed by atoms with Gasteiger partial charge >= 0.3 is 5.97 Å². The van der Waals surface area contributed by atoms with E-state index in [4.69, 9.17) is 4.84 Å². The molecule has 19 heavy (non-hydrogen) atoms. The number of unbranched alkanes of at least 4 members (excludes halogenated alkanes) is 1. The second-order valence-electron chi connectivity index (χ2n) is 6.91. The molecular weight excluding hydrogens is 240 g/mol. The van der Waals surface area contributed by atoms with Gasteiger partial charge in [-0.25, -0.2) is 0 Å². The fraction of sp³-hybridized carbons (Fsp3) is 0.933. The molecule has 0 spiro atoms. The number of carbonyl (C=O) groups is 1. The number of hydroxylamine groups is 2. The van der Waals surface area contributed by atoms with E-state index in [0.29, 0.717) is 6.04 Å². The van der Waals surface area contributed by atoms with Crippen molar-refractivity contribution in [2.45, 2.75) is 84.3 Å². The average molecular weight is 270 g/mol. The van der Waals surface area contributed by atoms with Crippen LogP contribution in [-0.2, 0) is 9.63 Å². The fourth-order valence-corrected chi connectivity index (χ4v) is 3.27. The predicted molar refractivity (Wildman–Crippen MR) is 77.7 cm³/mol. The van der Waals surface area contributed by atoms with Crippen molar-refractivity contribution in [2.75, 3.05) is 6.54 Å². The average Bonchev–Trinajstić information content (AvgIpc) is 2.23. The number of hydrogen-bond acceptors (Lipinski definition) is 4. The standard InChI is InChI=1S/C15H30N2O2/c1-7-8-9-16-13-10-14(3,4)17(19-12(2)18)15(5,6)11-13/h13,16H,7-11H2,1-6H3. The molecule has 112 valence electrons. The van der Waals surface area contributed by atoms with Crippen LogP contribution in [0.5, 0.6) is 0 Å². The first-order valence-corrected chi connectivity index (χ1v) is 7.41. The first-order valence-electron chi connectivity index (χ1n) is 7.41. The van der Waals surface area contributed by atoms with E-state index in [1.54, 1.807) is 0 Å². The molecule has 1 rings (SSSR count). The van der Waals surface area contributed by atoms with Gasteiger partial charge in [-0.2, -0.15) is 0 Å². The maximum atomic E-state index is 11.3. The summed E-state index contributed by atoms with van der Waals surface area (Å²) in [5, 5.41) is 5.53. The summed E-state index contributed by atoms with van der Waals surface area (Å²) in [5.74, 6) is -0.237. The Morgan fingerprint density at radius 2 is 1.79 bits per heavy atom. The van der Waals surface area contributed by atoms with Crippen molar-refractivity contribution in [1.82, 2.24) is 10.4 Å². The first kappa shape index (κ1) is 16.4. The Hall–Kier alpha value is -0.610. The largest absolute Gasteiger partial charge is 0.367 e. The van der Waals surface area contributed by atoms with Gasteiger partial charge in [-0.05, 0) is 53.5 Å². The van der Waals surface area contributed by atoms with Crippen LogP contribution in [0.25, 0.3) is 0 Å². The molecule has 0 aromatic rings.